The topological polar surface area (TPSA) is 70.6 Å². The van der Waals surface area contributed by atoms with Gasteiger partial charge < -0.3 is 4.90 Å². The van der Waals surface area contributed by atoms with Crippen molar-refractivity contribution in [1.29, 1.82) is 0 Å². The SMILES string of the molecule is CCCS(=O)(=O)N1CC2CCC(C1)N(Cc1ccccn1)C2=O. The zero-order valence-corrected chi connectivity index (χ0v) is 14.2. The van der Waals surface area contributed by atoms with Crippen molar-refractivity contribution in [2.75, 3.05) is 18.8 Å². The van der Waals surface area contributed by atoms with Crippen LogP contribution in [-0.2, 0) is 21.4 Å². The number of aromatic nitrogens is 1. The van der Waals surface area contributed by atoms with E-state index in [2.05, 4.69) is 4.98 Å². The summed E-state index contributed by atoms with van der Waals surface area (Å²) >= 11 is 0. The van der Waals surface area contributed by atoms with Crippen molar-refractivity contribution >= 4 is 15.9 Å². The van der Waals surface area contributed by atoms with Crippen LogP contribution in [0.1, 0.15) is 31.9 Å². The molecule has 3 saturated heterocycles. The van der Waals surface area contributed by atoms with Crippen molar-refractivity contribution in [2.24, 2.45) is 5.92 Å². The molecule has 4 rings (SSSR count). The number of pyridine rings is 1. The van der Waals surface area contributed by atoms with Gasteiger partial charge in [0.1, 0.15) is 0 Å². The Labute approximate surface area is 137 Å². The molecule has 126 valence electrons. The summed E-state index contributed by atoms with van der Waals surface area (Å²) in [7, 11) is -3.26. The minimum atomic E-state index is -3.26. The van der Waals surface area contributed by atoms with E-state index in [9.17, 15) is 13.2 Å². The average Bonchev–Trinajstić information content (AvgIpc) is 2.82. The fourth-order valence-corrected chi connectivity index (χ4v) is 5.07. The summed E-state index contributed by atoms with van der Waals surface area (Å²) in [6.07, 6.45) is 3.95. The Hall–Kier alpha value is -1.47. The van der Waals surface area contributed by atoms with Gasteiger partial charge in [0.05, 0.1) is 23.9 Å². The second-order valence-corrected chi connectivity index (χ2v) is 8.44. The van der Waals surface area contributed by atoms with Gasteiger partial charge in [0, 0.05) is 25.3 Å². The van der Waals surface area contributed by atoms with E-state index in [1.807, 2.05) is 30.0 Å². The van der Waals surface area contributed by atoms with Crippen molar-refractivity contribution in [3.8, 4) is 0 Å². The van der Waals surface area contributed by atoms with Gasteiger partial charge in [-0.2, -0.15) is 4.31 Å². The Balaban J connectivity index is 1.81. The maximum atomic E-state index is 12.7. The molecular formula is C16H23N3O3S. The Morgan fingerprint density at radius 3 is 2.78 bits per heavy atom. The molecule has 2 bridgehead atoms. The van der Waals surface area contributed by atoms with Crippen LogP contribution in [0.3, 0.4) is 0 Å². The lowest BCUT2D eigenvalue weighted by atomic mass is 9.94. The van der Waals surface area contributed by atoms with E-state index in [4.69, 9.17) is 0 Å². The molecule has 0 spiro atoms. The highest BCUT2D eigenvalue weighted by Crippen LogP contribution is 2.31. The predicted octanol–water partition coefficient (Wildman–Crippen LogP) is 1.24. The summed E-state index contributed by atoms with van der Waals surface area (Å²) in [4.78, 5) is 18.8. The van der Waals surface area contributed by atoms with Crippen LogP contribution in [0.15, 0.2) is 24.4 Å². The molecule has 1 aromatic rings. The van der Waals surface area contributed by atoms with Gasteiger partial charge in [0.15, 0.2) is 0 Å². The van der Waals surface area contributed by atoms with Gasteiger partial charge in [0.2, 0.25) is 15.9 Å². The molecule has 4 heterocycles. The zero-order valence-electron chi connectivity index (χ0n) is 13.4. The third-order valence-corrected chi connectivity index (χ3v) is 6.68. The van der Waals surface area contributed by atoms with Crippen LogP contribution in [0.4, 0.5) is 0 Å². The molecule has 0 aliphatic carbocycles. The number of carbonyl (C=O) groups is 1. The smallest absolute Gasteiger partial charge is 0.227 e. The van der Waals surface area contributed by atoms with E-state index in [1.165, 1.54) is 4.31 Å². The molecule has 3 fully saturated rings. The van der Waals surface area contributed by atoms with Crippen LogP contribution in [0, 0.1) is 5.92 Å². The molecule has 0 radical (unpaired) electrons. The number of nitrogens with zero attached hydrogens (tertiary/aromatic N) is 3. The van der Waals surface area contributed by atoms with E-state index in [-0.39, 0.29) is 23.6 Å². The molecule has 1 amide bonds. The van der Waals surface area contributed by atoms with Crippen LogP contribution < -0.4 is 0 Å². The second kappa shape index (κ2) is 6.57. The second-order valence-electron chi connectivity index (χ2n) is 6.35. The summed E-state index contributed by atoms with van der Waals surface area (Å²) in [5, 5.41) is 0. The Morgan fingerprint density at radius 1 is 1.26 bits per heavy atom. The number of carbonyl (C=O) groups excluding carboxylic acids is 1. The van der Waals surface area contributed by atoms with Crippen molar-refractivity contribution in [3.05, 3.63) is 30.1 Å². The number of sulfonamides is 1. The predicted molar refractivity (Wildman–Crippen MR) is 86.9 cm³/mol. The molecule has 2 unspecified atom stereocenters. The van der Waals surface area contributed by atoms with Crippen LogP contribution in [0.25, 0.3) is 0 Å². The van der Waals surface area contributed by atoms with Crippen LogP contribution in [0.2, 0.25) is 0 Å². The first kappa shape index (κ1) is 16.4. The summed E-state index contributed by atoms with van der Waals surface area (Å²) in [6, 6.07) is 5.60. The van der Waals surface area contributed by atoms with Gasteiger partial charge in [-0.05, 0) is 31.4 Å². The molecule has 3 aliphatic rings. The van der Waals surface area contributed by atoms with Crippen molar-refractivity contribution in [3.63, 3.8) is 0 Å². The molecule has 6 nitrogen and oxygen atoms in total. The first-order chi connectivity index (χ1) is 11.0. The maximum Gasteiger partial charge on any atom is 0.227 e. The number of rotatable bonds is 5. The molecule has 0 N–H and O–H groups in total. The number of hydrogen-bond acceptors (Lipinski definition) is 4. The normalized spacial score (nSPS) is 25.6. The van der Waals surface area contributed by atoms with Crippen molar-refractivity contribution in [2.45, 2.75) is 38.8 Å². The van der Waals surface area contributed by atoms with Crippen molar-refractivity contribution in [1.82, 2.24) is 14.2 Å². The maximum absolute atomic E-state index is 12.7. The minimum absolute atomic E-state index is 0.0464. The molecule has 0 aromatic carbocycles. The van der Waals surface area contributed by atoms with Gasteiger partial charge in [0.25, 0.3) is 0 Å². The summed E-state index contributed by atoms with van der Waals surface area (Å²) in [5.41, 5.74) is 0.844. The monoisotopic (exact) mass is 337 g/mol. The number of fused-ring (bicyclic) bond motifs is 4. The van der Waals surface area contributed by atoms with E-state index >= 15 is 0 Å². The van der Waals surface area contributed by atoms with E-state index in [0.29, 0.717) is 26.1 Å². The summed E-state index contributed by atoms with van der Waals surface area (Å²) in [6.45, 7) is 3.07. The number of hydrogen-bond donors (Lipinski definition) is 0. The van der Waals surface area contributed by atoms with Gasteiger partial charge in [-0.15, -0.1) is 0 Å². The van der Waals surface area contributed by atoms with Crippen LogP contribution >= 0.6 is 0 Å². The highest BCUT2D eigenvalue weighted by Gasteiger charge is 2.43. The fraction of sp³-hybridized carbons (Fsp3) is 0.625. The lowest BCUT2D eigenvalue weighted by Gasteiger charge is -2.35. The summed E-state index contributed by atoms with van der Waals surface area (Å²) in [5.74, 6) is 0.00567. The highest BCUT2D eigenvalue weighted by molar-refractivity contribution is 7.89. The fourth-order valence-electron chi connectivity index (χ4n) is 3.49. The minimum Gasteiger partial charge on any atom is -0.332 e. The summed E-state index contributed by atoms with van der Waals surface area (Å²) < 4.78 is 26.4. The Kier molecular flexibility index (Phi) is 4.68. The molecule has 7 heteroatoms. The van der Waals surface area contributed by atoms with Crippen LogP contribution in [0.5, 0.6) is 0 Å². The third-order valence-electron chi connectivity index (χ3n) is 4.67. The molecular weight excluding hydrogens is 314 g/mol. The average molecular weight is 337 g/mol. The Morgan fingerprint density at radius 2 is 2.09 bits per heavy atom. The molecule has 0 saturated carbocycles. The number of piperidine rings is 1. The first-order valence-corrected chi connectivity index (χ1v) is 9.80. The Bertz CT molecular complexity index is 662. The lowest BCUT2D eigenvalue weighted by Crippen LogP contribution is -2.47. The van der Waals surface area contributed by atoms with E-state index < -0.39 is 10.0 Å². The quantitative estimate of drug-likeness (QED) is 0.811. The third kappa shape index (κ3) is 3.40. The molecule has 3 aliphatic heterocycles. The van der Waals surface area contributed by atoms with Gasteiger partial charge in [-0.1, -0.05) is 13.0 Å². The van der Waals surface area contributed by atoms with Gasteiger partial charge in [-0.3, -0.25) is 9.78 Å². The number of amides is 1. The van der Waals surface area contributed by atoms with E-state index in [1.54, 1.807) is 6.20 Å². The molecule has 23 heavy (non-hydrogen) atoms. The van der Waals surface area contributed by atoms with Crippen molar-refractivity contribution < 1.29 is 13.2 Å². The van der Waals surface area contributed by atoms with Crippen LogP contribution in [-0.4, -0.2) is 53.4 Å². The standard InChI is InChI=1S/C16H23N3O3S/c1-2-9-23(21,22)18-10-13-6-7-15(12-18)19(16(13)20)11-14-5-3-4-8-17-14/h3-5,8,13,15H,2,6-7,9-12H2,1H3. The highest BCUT2D eigenvalue weighted by atomic mass is 32.2. The lowest BCUT2D eigenvalue weighted by molar-refractivity contribution is -0.140. The molecule has 2 atom stereocenters. The molecule has 1 aromatic heterocycles. The first-order valence-electron chi connectivity index (χ1n) is 8.19. The van der Waals surface area contributed by atoms with Gasteiger partial charge in [-0.25, -0.2) is 8.42 Å². The zero-order chi connectivity index (χ0) is 16.4. The van der Waals surface area contributed by atoms with E-state index in [0.717, 1.165) is 18.5 Å². The largest absolute Gasteiger partial charge is 0.332 e. The van der Waals surface area contributed by atoms with Gasteiger partial charge >= 0.3 is 0 Å².